The molecule has 1 saturated heterocycles. The van der Waals surface area contributed by atoms with Crippen molar-refractivity contribution in [3.8, 4) is 0 Å². The highest BCUT2D eigenvalue weighted by atomic mass is 28.4. The van der Waals surface area contributed by atoms with E-state index in [1.807, 2.05) is 49.4 Å². The number of amides is 2. The van der Waals surface area contributed by atoms with Crippen molar-refractivity contribution in [1.82, 2.24) is 4.90 Å². The highest BCUT2D eigenvalue weighted by Crippen LogP contribution is 2.47. The Balaban J connectivity index is 1.51. The second kappa shape index (κ2) is 18.0. The number of furan rings is 1. The standard InChI is InChI=1S/C43H55NO9Si/c1-29(24-31-20-21-32(26-45)53-31)19-22-37(47)39-30(25-35-40(36(39)27-46)42(51)44(41(35)50)23-13-7-12-18-38(48)49)28-52-54(43(2,3)4,33-14-8-5-9-15-33)34-16-10-6-11-17-34/h5-6,8-11,14-17,20-21,24,35-37,40,45-47H,7,12-13,18-19,22-23,25-28H2,1-4H3,(H,48,49)/b29-24+/t35-,36+,37-,40-/m1/s1. The van der Waals surface area contributed by atoms with Crippen LogP contribution in [0.3, 0.4) is 0 Å². The molecule has 0 unspecified atom stereocenters. The third-order valence-electron chi connectivity index (χ3n) is 11.0. The Labute approximate surface area is 319 Å². The van der Waals surface area contributed by atoms with Crippen molar-refractivity contribution in [3.05, 3.63) is 101 Å². The molecule has 3 aromatic rings. The Morgan fingerprint density at radius 2 is 1.59 bits per heavy atom. The van der Waals surface area contributed by atoms with E-state index in [9.17, 15) is 29.7 Å². The minimum atomic E-state index is -3.04. The molecule has 1 aliphatic heterocycles. The van der Waals surface area contributed by atoms with Gasteiger partial charge < -0.3 is 29.3 Å². The van der Waals surface area contributed by atoms with E-state index in [1.54, 1.807) is 12.1 Å². The number of unbranched alkanes of at least 4 members (excludes halogenated alkanes) is 2. The molecular formula is C43H55NO9Si. The normalized spacial score (nSPS) is 20.1. The molecule has 1 aliphatic carbocycles. The largest absolute Gasteiger partial charge is 0.481 e. The molecule has 2 aromatic carbocycles. The molecular weight excluding hydrogens is 703 g/mol. The average molecular weight is 758 g/mol. The molecule has 2 amide bonds. The average Bonchev–Trinajstić information content (AvgIpc) is 3.70. The first-order valence-electron chi connectivity index (χ1n) is 19.0. The third-order valence-corrected chi connectivity index (χ3v) is 16.0. The van der Waals surface area contributed by atoms with Crippen LogP contribution in [0.2, 0.25) is 5.04 Å². The predicted molar refractivity (Wildman–Crippen MR) is 209 cm³/mol. The van der Waals surface area contributed by atoms with Gasteiger partial charge in [0.15, 0.2) is 0 Å². The number of carboxylic acid groups (broad SMARTS) is 1. The topological polar surface area (TPSA) is 158 Å². The van der Waals surface area contributed by atoms with Crippen LogP contribution in [-0.2, 0) is 25.4 Å². The molecule has 4 N–H and O–H groups in total. The van der Waals surface area contributed by atoms with Gasteiger partial charge in [0.1, 0.15) is 18.1 Å². The van der Waals surface area contributed by atoms with Crippen molar-refractivity contribution in [3.63, 3.8) is 0 Å². The van der Waals surface area contributed by atoms with Gasteiger partial charge in [-0.3, -0.25) is 19.3 Å². The number of likely N-dealkylation sites (tertiary alicyclic amines) is 1. The van der Waals surface area contributed by atoms with E-state index in [0.29, 0.717) is 49.2 Å². The maximum Gasteiger partial charge on any atom is 0.303 e. The fraction of sp³-hybridized carbons (Fsp3) is 0.465. The van der Waals surface area contributed by atoms with Crippen LogP contribution in [0.1, 0.15) is 84.2 Å². The van der Waals surface area contributed by atoms with E-state index in [4.69, 9.17) is 13.9 Å². The molecule has 10 nitrogen and oxygen atoms in total. The first kappa shape index (κ1) is 41.0. The number of aliphatic hydroxyl groups is 3. The van der Waals surface area contributed by atoms with E-state index >= 15 is 0 Å². The van der Waals surface area contributed by atoms with Crippen LogP contribution < -0.4 is 10.4 Å². The molecule has 54 heavy (non-hydrogen) atoms. The van der Waals surface area contributed by atoms with Crippen molar-refractivity contribution in [2.45, 2.75) is 90.4 Å². The number of fused-ring (bicyclic) bond motifs is 1. The smallest absolute Gasteiger partial charge is 0.303 e. The monoisotopic (exact) mass is 757 g/mol. The Morgan fingerprint density at radius 1 is 0.944 bits per heavy atom. The zero-order chi connectivity index (χ0) is 39.0. The van der Waals surface area contributed by atoms with E-state index in [2.05, 4.69) is 45.0 Å². The van der Waals surface area contributed by atoms with Crippen LogP contribution in [0.4, 0.5) is 0 Å². The number of rotatable bonds is 18. The van der Waals surface area contributed by atoms with Crippen LogP contribution in [0.25, 0.3) is 6.08 Å². The Kier molecular flexibility index (Phi) is 13.7. The Bertz CT molecular complexity index is 1770. The summed E-state index contributed by atoms with van der Waals surface area (Å²) in [4.78, 5) is 40.3. The van der Waals surface area contributed by atoms with Gasteiger partial charge in [-0.05, 0) is 83.8 Å². The fourth-order valence-electron chi connectivity index (χ4n) is 8.45. The molecule has 0 radical (unpaired) electrons. The second-order valence-corrected chi connectivity index (χ2v) is 20.0. The Hall–Kier alpha value is -4.13. The number of aliphatic hydroxyl groups excluding tert-OH is 3. The lowest BCUT2D eigenvalue weighted by Crippen LogP contribution is -2.66. The lowest BCUT2D eigenvalue weighted by atomic mass is 9.68. The molecule has 0 bridgehead atoms. The number of hydrogen-bond acceptors (Lipinski definition) is 8. The summed E-state index contributed by atoms with van der Waals surface area (Å²) in [6.45, 7) is 8.15. The molecule has 1 aromatic heterocycles. The minimum Gasteiger partial charge on any atom is -0.481 e. The number of carbonyl (C=O) groups excluding carboxylic acids is 2. The minimum absolute atomic E-state index is 0.0272. The van der Waals surface area contributed by atoms with E-state index < -0.39 is 44.8 Å². The molecule has 1 fully saturated rings. The fourth-order valence-corrected chi connectivity index (χ4v) is 13.0. The van der Waals surface area contributed by atoms with Gasteiger partial charge in [-0.15, -0.1) is 0 Å². The summed E-state index contributed by atoms with van der Waals surface area (Å²) in [7, 11) is -3.04. The van der Waals surface area contributed by atoms with Crippen molar-refractivity contribution >= 4 is 42.6 Å². The number of carboxylic acids is 1. The number of nitrogens with zero attached hydrogens (tertiary/aromatic N) is 1. The van der Waals surface area contributed by atoms with E-state index in [0.717, 1.165) is 21.5 Å². The quantitative estimate of drug-likeness (QED) is 0.0574. The maximum atomic E-state index is 14.0. The highest BCUT2D eigenvalue weighted by Gasteiger charge is 2.56. The first-order valence-corrected chi connectivity index (χ1v) is 20.9. The number of aliphatic carboxylic acids is 1. The number of allylic oxidation sites excluding steroid dienone is 1. The molecule has 11 heteroatoms. The van der Waals surface area contributed by atoms with E-state index in [-0.39, 0.29) is 49.5 Å². The zero-order valence-electron chi connectivity index (χ0n) is 31.9. The molecule has 5 rings (SSSR count). The molecule has 2 heterocycles. The lowest BCUT2D eigenvalue weighted by molar-refractivity contribution is -0.141. The molecule has 0 spiro atoms. The summed E-state index contributed by atoms with van der Waals surface area (Å²) >= 11 is 0. The van der Waals surface area contributed by atoms with Gasteiger partial charge in [0, 0.05) is 18.9 Å². The molecule has 0 saturated carbocycles. The van der Waals surface area contributed by atoms with Gasteiger partial charge in [0.2, 0.25) is 11.8 Å². The Morgan fingerprint density at radius 3 is 2.15 bits per heavy atom. The maximum absolute atomic E-state index is 14.0. The number of carbonyl (C=O) groups is 3. The molecule has 290 valence electrons. The van der Waals surface area contributed by atoms with Crippen LogP contribution in [-0.4, -0.2) is 77.3 Å². The van der Waals surface area contributed by atoms with Crippen molar-refractivity contribution in [1.29, 1.82) is 0 Å². The van der Waals surface area contributed by atoms with Crippen LogP contribution in [0.5, 0.6) is 0 Å². The van der Waals surface area contributed by atoms with Crippen LogP contribution >= 0.6 is 0 Å². The summed E-state index contributed by atoms with van der Waals surface area (Å²) in [5.74, 6) is -2.79. The van der Waals surface area contributed by atoms with Gasteiger partial charge in [0.25, 0.3) is 8.32 Å². The van der Waals surface area contributed by atoms with E-state index in [1.165, 1.54) is 4.90 Å². The molecule has 4 atom stereocenters. The first-order chi connectivity index (χ1) is 25.8. The van der Waals surface area contributed by atoms with Crippen molar-refractivity contribution in [2.24, 2.45) is 17.8 Å². The van der Waals surface area contributed by atoms with Crippen molar-refractivity contribution < 1.29 is 43.7 Å². The van der Waals surface area contributed by atoms with Crippen LogP contribution in [0.15, 0.2) is 93.9 Å². The number of imide groups is 1. The van der Waals surface area contributed by atoms with Crippen molar-refractivity contribution in [2.75, 3.05) is 19.8 Å². The van der Waals surface area contributed by atoms with Crippen LogP contribution in [0, 0.1) is 17.8 Å². The summed E-state index contributed by atoms with van der Waals surface area (Å²) in [6.07, 6.45) is 3.38. The predicted octanol–water partition coefficient (Wildman–Crippen LogP) is 5.45. The van der Waals surface area contributed by atoms with Gasteiger partial charge >= 0.3 is 5.97 Å². The summed E-state index contributed by atoms with van der Waals surface area (Å²) in [6, 6.07) is 23.9. The third kappa shape index (κ3) is 8.87. The lowest BCUT2D eigenvalue weighted by Gasteiger charge is -2.44. The van der Waals surface area contributed by atoms with Gasteiger partial charge in [-0.25, -0.2) is 0 Å². The highest BCUT2D eigenvalue weighted by molar-refractivity contribution is 6.99. The number of hydrogen-bond donors (Lipinski definition) is 4. The van der Waals surface area contributed by atoms with Gasteiger partial charge in [0.05, 0.1) is 31.2 Å². The molecule has 2 aliphatic rings. The zero-order valence-corrected chi connectivity index (χ0v) is 32.9. The van der Waals surface area contributed by atoms with Gasteiger partial charge in [-0.2, -0.15) is 0 Å². The van der Waals surface area contributed by atoms with Gasteiger partial charge in [-0.1, -0.05) is 93.4 Å². The SMILES string of the molecule is C/C(=C\c1ccc(CO)o1)CC[C@@H](O)C1=C(CO[Si](c2ccccc2)(c2ccccc2)C(C)(C)C)C[C@H]2C(=O)N(CCCCCC(=O)O)C(=O)[C@H]2[C@H]1CO. The number of benzene rings is 2. The summed E-state index contributed by atoms with van der Waals surface area (Å²) < 4.78 is 13.0. The summed E-state index contributed by atoms with van der Waals surface area (Å²) in [5, 5.41) is 43.3. The summed E-state index contributed by atoms with van der Waals surface area (Å²) in [5.41, 5.74) is 2.24. The second-order valence-electron chi connectivity index (χ2n) is 15.7.